The monoisotopic (exact) mass is 234 g/mol. The molecule has 0 amide bonds. The lowest BCUT2D eigenvalue weighted by molar-refractivity contribution is 0.929. The van der Waals surface area contributed by atoms with Crippen LogP contribution in [-0.4, -0.2) is 16.0 Å². The van der Waals surface area contributed by atoms with Gasteiger partial charge in [-0.05, 0) is 24.2 Å². The van der Waals surface area contributed by atoms with E-state index in [9.17, 15) is 4.79 Å². The molecule has 3 nitrogen and oxygen atoms in total. The Balaban J connectivity index is 2.38. The van der Waals surface area contributed by atoms with Gasteiger partial charge in [0.15, 0.2) is 0 Å². The van der Waals surface area contributed by atoms with Crippen molar-refractivity contribution in [2.24, 2.45) is 0 Å². The molecule has 0 saturated carbocycles. The van der Waals surface area contributed by atoms with Crippen molar-refractivity contribution in [3.63, 3.8) is 0 Å². The number of rotatable bonds is 4. The Morgan fingerprint density at radius 2 is 1.88 bits per heavy atom. The van der Waals surface area contributed by atoms with Crippen LogP contribution in [-0.2, 0) is 6.42 Å². The average molecular weight is 234 g/mol. The van der Waals surface area contributed by atoms with Crippen LogP contribution in [0.25, 0.3) is 11.3 Å². The number of thiol groups is 1. The lowest BCUT2D eigenvalue weighted by Gasteiger charge is -2.01. The molecule has 2 rings (SSSR count). The van der Waals surface area contributed by atoms with Gasteiger partial charge in [-0.25, -0.2) is 0 Å². The van der Waals surface area contributed by atoms with E-state index >= 15 is 0 Å². The zero-order valence-corrected chi connectivity index (χ0v) is 9.76. The second-order valence-corrected chi connectivity index (χ2v) is 4.07. The van der Waals surface area contributed by atoms with Crippen molar-refractivity contribution in [3.8, 4) is 11.3 Å². The van der Waals surface area contributed by atoms with Gasteiger partial charge >= 0.3 is 0 Å². The zero-order chi connectivity index (χ0) is 11.4. The second-order valence-electron chi connectivity index (χ2n) is 3.63. The van der Waals surface area contributed by atoms with Gasteiger partial charge in [0.25, 0.3) is 5.56 Å². The smallest absolute Gasteiger partial charge is 0.267 e. The van der Waals surface area contributed by atoms with Gasteiger partial charge in [0, 0.05) is 5.56 Å². The molecule has 1 aromatic carbocycles. The summed E-state index contributed by atoms with van der Waals surface area (Å²) in [5.74, 6) is 0.791. The minimum Gasteiger partial charge on any atom is -0.297 e. The molecule has 1 aromatic heterocycles. The van der Waals surface area contributed by atoms with Crippen LogP contribution in [0.15, 0.2) is 35.1 Å². The van der Waals surface area contributed by atoms with Crippen molar-refractivity contribution in [2.45, 2.75) is 12.8 Å². The van der Waals surface area contributed by atoms with E-state index in [-0.39, 0.29) is 5.56 Å². The van der Waals surface area contributed by atoms with Crippen molar-refractivity contribution in [1.82, 2.24) is 10.2 Å². The molecule has 0 bridgehead atoms. The molecule has 1 heterocycles. The molecule has 0 fully saturated rings. The van der Waals surface area contributed by atoms with Gasteiger partial charge in [-0.15, -0.1) is 0 Å². The number of aromatic amines is 2. The van der Waals surface area contributed by atoms with Gasteiger partial charge in [0.05, 0.1) is 5.69 Å². The molecular formula is C12H14N2OS. The van der Waals surface area contributed by atoms with Gasteiger partial charge in [-0.1, -0.05) is 30.3 Å². The van der Waals surface area contributed by atoms with Gasteiger partial charge in [-0.3, -0.25) is 15.0 Å². The van der Waals surface area contributed by atoms with Gasteiger partial charge < -0.3 is 0 Å². The Labute approximate surface area is 99.3 Å². The molecule has 0 aliphatic carbocycles. The molecule has 0 radical (unpaired) electrons. The maximum Gasteiger partial charge on any atom is 0.267 e. The van der Waals surface area contributed by atoms with E-state index in [1.54, 1.807) is 0 Å². The first-order chi connectivity index (χ1) is 7.83. The van der Waals surface area contributed by atoms with Crippen LogP contribution in [0.3, 0.4) is 0 Å². The van der Waals surface area contributed by atoms with E-state index in [2.05, 4.69) is 22.8 Å². The highest BCUT2D eigenvalue weighted by Crippen LogP contribution is 2.19. The first kappa shape index (κ1) is 11.1. The highest BCUT2D eigenvalue weighted by atomic mass is 32.1. The molecule has 0 aliphatic rings. The molecule has 2 aromatic rings. The van der Waals surface area contributed by atoms with Crippen LogP contribution < -0.4 is 5.56 Å². The van der Waals surface area contributed by atoms with Crippen LogP contribution >= 0.6 is 12.6 Å². The molecule has 16 heavy (non-hydrogen) atoms. The predicted molar refractivity (Wildman–Crippen MR) is 69.0 cm³/mol. The first-order valence-corrected chi connectivity index (χ1v) is 5.92. The molecule has 4 heteroatoms. The zero-order valence-electron chi connectivity index (χ0n) is 8.86. The largest absolute Gasteiger partial charge is 0.297 e. The number of aromatic nitrogens is 2. The van der Waals surface area contributed by atoms with Gasteiger partial charge in [-0.2, -0.15) is 12.6 Å². The molecule has 84 valence electrons. The first-order valence-electron chi connectivity index (χ1n) is 5.28. The van der Waals surface area contributed by atoms with E-state index in [0.717, 1.165) is 35.4 Å². The highest BCUT2D eigenvalue weighted by molar-refractivity contribution is 7.80. The molecule has 0 atom stereocenters. The highest BCUT2D eigenvalue weighted by Gasteiger charge is 2.10. The molecule has 2 N–H and O–H groups in total. The molecule has 0 aliphatic heterocycles. The predicted octanol–water partition coefficient (Wildman–Crippen LogP) is 2.23. The SMILES string of the molecule is O=c1[nH][nH]c(-c2ccccc2)c1CCCS. The summed E-state index contributed by atoms with van der Waals surface area (Å²) in [6, 6.07) is 9.86. The van der Waals surface area contributed by atoms with Gasteiger partial charge in [0.2, 0.25) is 0 Å². The maximum atomic E-state index is 11.6. The lowest BCUT2D eigenvalue weighted by Crippen LogP contribution is -2.06. The summed E-state index contributed by atoms with van der Waals surface area (Å²) in [4.78, 5) is 11.6. The van der Waals surface area contributed by atoms with E-state index < -0.39 is 0 Å². The third-order valence-electron chi connectivity index (χ3n) is 2.52. The van der Waals surface area contributed by atoms with E-state index in [1.165, 1.54) is 0 Å². The standard InChI is InChI=1S/C12H14N2OS/c15-12-10(7-4-8-16)11(13-14-12)9-5-2-1-3-6-9/h1-3,5-6,16H,4,7-8H2,(H2,13,14,15). The summed E-state index contributed by atoms with van der Waals surface area (Å²) in [6.45, 7) is 0. The van der Waals surface area contributed by atoms with Crippen molar-refractivity contribution in [2.75, 3.05) is 5.75 Å². The summed E-state index contributed by atoms with van der Waals surface area (Å²) in [6.07, 6.45) is 1.66. The lowest BCUT2D eigenvalue weighted by atomic mass is 10.1. The Bertz CT molecular complexity index is 501. The van der Waals surface area contributed by atoms with Crippen LogP contribution in [0.1, 0.15) is 12.0 Å². The Morgan fingerprint density at radius 1 is 1.12 bits per heavy atom. The topological polar surface area (TPSA) is 48.6 Å². The Morgan fingerprint density at radius 3 is 2.56 bits per heavy atom. The number of nitrogens with one attached hydrogen (secondary N) is 2. The van der Waals surface area contributed by atoms with E-state index in [4.69, 9.17) is 0 Å². The molecule has 0 unspecified atom stereocenters. The fourth-order valence-corrected chi connectivity index (χ4v) is 1.89. The number of H-pyrrole nitrogens is 2. The van der Waals surface area contributed by atoms with Crippen molar-refractivity contribution < 1.29 is 0 Å². The number of hydrogen-bond acceptors (Lipinski definition) is 2. The summed E-state index contributed by atoms with van der Waals surface area (Å²) in [7, 11) is 0. The fourth-order valence-electron chi connectivity index (χ4n) is 1.73. The van der Waals surface area contributed by atoms with E-state index in [1.807, 2.05) is 30.3 Å². The van der Waals surface area contributed by atoms with Crippen LogP contribution in [0, 0.1) is 0 Å². The van der Waals surface area contributed by atoms with E-state index in [0.29, 0.717) is 0 Å². The minimum atomic E-state index is -0.0272. The van der Waals surface area contributed by atoms with Crippen molar-refractivity contribution in [3.05, 3.63) is 46.2 Å². The minimum absolute atomic E-state index is 0.0272. The fraction of sp³-hybridized carbons (Fsp3) is 0.250. The van der Waals surface area contributed by atoms with Crippen LogP contribution in [0.4, 0.5) is 0 Å². The molecule has 0 spiro atoms. The normalized spacial score (nSPS) is 10.6. The Hall–Kier alpha value is -1.42. The quantitative estimate of drug-likeness (QED) is 0.698. The summed E-state index contributed by atoms with van der Waals surface area (Å²) in [5, 5.41) is 5.58. The number of benzene rings is 1. The Kier molecular flexibility index (Phi) is 3.51. The third-order valence-corrected chi connectivity index (χ3v) is 2.84. The van der Waals surface area contributed by atoms with Crippen molar-refractivity contribution >= 4 is 12.6 Å². The molecular weight excluding hydrogens is 220 g/mol. The van der Waals surface area contributed by atoms with Crippen molar-refractivity contribution in [1.29, 1.82) is 0 Å². The van der Waals surface area contributed by atoms with Crippen LogP contribution in [0.5, 0.6) is 0 Å². The van der Waals surface area contributed by atoms with Gasteiger partial charge in [0.1, 0.15) is 0 Å². The van der Waals surface area contributed by atoms with Crippen LogP contribution in [0.2, 0.25) is 0 Å². The number of hydrogen-bond donors (Lipinski definition) is 3. The second kappa shape index (κ2) is 5.07. The maximum absolute atomic E-state index is 11.6. The third kappa shape index (κ3) is 2.22. The summed E-state index contributed by atoms with van der Waals surface area (Å²) >= 11 is 4.17. The summed E-state index contributed by atoms with van der Waals surface area (Å²) < 4.78 is 0. The average Bonchev–Trinajstić information content (AvgIpc) is 2.69. The molecule has 0 saturated heterocycles. The summed E-state index contributed by atoms with van der Waals surface area (Å²) in [5.41, 5.74) is 2.73.